The van der Waals surface area contributed by atoms with Gasteiger partial charge < -0.3 is 13.6 Å². The molecular formula is C23H18O5. The Bertz CT molecular complexity index is 1170. The second-order valence-electron chi connectivity index (χ2n) is 6.53. The summed E-state index contributed by atoms with van der Waals surface area (Å²) in [5, 5.41) is 0.353. The highest BCUT2D eigenvalue weighted by atomic mass is 16.5. The minimum absolute atomic E-state index is 0.112. The van der Waals surface area contributed by atoms with E-state index in [2.05, 4.69) is 0 Å². The van der Waals surface area contributed by atoms with Crippen LogP contribution in [-0.2, 0) is 11.2 Å². The van der Waals surface area contributed by atoms with E-state index in [1.54, 1.807) is 24.3 Å². The second kappa shape index (κ2) is 7.56. The number of aryl methyl sites for hydroxylation is 2. The van der Waals surface area contributed by atoms with Crippen LogP contribution in [0.5, 0.6) is 5.75 Å². The molecular weight excluding hydrogens is 356 g/mol. The third kappa shape index (κ3) is 3.60. The molecule has 0 saturated carbocycles. The van der Waals surface area contributed by atoms with Gasteiger partial charge in [-0.1, -0.05) is 36.4 Å². The first-order valence-electron chi connectivity index (χ1n) is 8.98. The van der Waals surface area contributed by atoms with Crippen LogP contribution in [0, 0.1) is 6.92 Å². The zero-order valence-electron chi connectivity index (χ0n) is 15.3. The summed E-state index contributed by atoms with van der Waals surface area (Å²) < 4.78 is 16.7. The molecule has 5 heteroatoms. The fourth-order valence-electron chi connectivity index (χ4n) is 3.00. The van der Waals surface area contributed by atoms with Gasteiger partial charge in [0, 0.05) is 6.42 Å². The van der Waals surface area contributed by atoms with Crippen LogP contribution in [0.1, 0.15) is 17.5 Å². The lowest BCUT2D eigenvalue weighted by Gasteiger charge is -2.09. The molecule has 0 spiro atoms. The van der Waals surface area contributed by atoms with Crippen LogP contribution in [0.15, 0.2) is 80.6 Å². The van der Waals surface area contributed by atoms with E-state index in [1.165, 1.54) is 6.26 Å². The van der Waals surface area contributed by atoms with Crippen LogP contribution < -0.4 is 10.2 Å². The Morgan fingerprint density at radius 1 is 1.04 bits per heavy atom. The summed E-state index contributed by atoms with van der Waals surface area (Å²) in [6, 6.07) is 18.2. The molecule has 0 radical (unpaired) electrons. The summed E-state index contributed by atoms with van der Waals surface area (Å²) in [7, 11) is 0. The standard InChI is InChI=1S/C23H18O5/c1-15-9-11-17-19(14-15)27-22(18-8-5-13-26-18)23(21(17)25)28-20(24)12-10-16-6-3-2-4-7-16/h2-9,11,13-14H,10,12H2,1H3. The maximum Gasteiger partial charge on any atom is 0.311 e. The number of benzene rings is 2. The molecule has 5 nitrogen and oxygen atoms in total. The second-order valence-corrected chi connectivity index (χ2v) is 6.53. The van der Waals surface area contributed by atoms with Gasteiger partial charge in [-0.3, -0.25) is 9.59 Å². The molecule has 2 heterocycles. The number of fused-ring (bicyclic) bond motifs is 1. The minimum atomic E-state index is -0.504. The summed E-state index contributed by atoms with van der Waals surface area (Å²) in [5.74, 6) is -0.215. The van der Waals surface area contributed by atoms with Crippen molar-refractivity contribution in [2.75, 3.05) is 0 Å². The van der Waals surface area contributed by atoms with Crippen molar-refractivity contribution in [1.82, 2.24) is 0 Å². The van der Waals surface area contributed by atoms with Crippen molar-refractivity contribution in [2.45, 2.75) is 19.8 Å². The van der Waals surface area contributed by atoms with E-state index in [-0.39, 0.29) is 17.9 Å². The first-order valence-corrected chi connectivity index (χ1v) is 8.98. The third-order valence-electron chi connectivity index (χ3n) is 4.43. The van der Waals surface area contributed by atoms with Crippen LogP contribution >= 0.6 is 0 Å². The van der Waals surface area contributed by atoms with Gasteiger partial charge in [-0.2, -0.15) is 0 Å². The Morgan fingerprint density at radius 2 is 1.86 bits per heavy atom. The van der Waals surface area contributed by atoms with Crippen molar-refractivity contribution in [3.8, 4) is 17.3 Å². The number of carbonyl (C=O) groups excluding carboxylic acids is 1. The molecule has 0 unspecified atom stereocenters. The van der Waals surface area contributed by atoms with Crippen molar-refractivity contribution >= 4 is 16.9 Å². The topological polar surface area (TPSA) is 69.7 Å². The molecule has 0 bridgehead atoms. The minimum Gasteiger partial charge on any atom is -0.461 e. The van der Waals surface area contributed by atoms with Crippen LogP contribution in [-0.4, -0.2) is 5.97 Å². The maximum absolute atomic E-state index is 13.0. The molecule has 0 N–H and O–H groups in total. The predicted molar refractivity (Wildman–Crippen MR) is 105 cm³/mol. The lowest BCUT2D eigenvalue weighted by molar-refractivity contribution is -0.134. The Labute approximate surface area is 161 Å². The summed E-state index contributed by atoms with van der Waals surface area (Å²) in [4.78, 5) is 25.4. The molecule has 0 amide bonds. The number of rotatable bonds is 5. The Kier molecular flexibility index (Phi) is 4.81. The number of hydrogen-bond acceptors (Lipinski definition) is 5. The van der Waals surface area contributed by atoms with Crippen molar-refractivity contribution in [3.05, 3.63) is 88.3 Å². The first kappa shape index (κ1) is 17.8. The number of furan rings is 1. The molecule has 0 saturated heterocycles. The highest BCUT2D eigenvalue weighted by molar-refractivity contribution is 5.84. The summed E-state index contributed by atoms with van der Waals surface area (Å²) in [6.45, 7) is 1.91. The maximum atomic E-state index is 13.0. The molecule has 4 rings (SSSR count). The smallest absolute Gasteiger partial charge is 0.311 e. The summed E-state index contributed by atoms with van der Waals surface area (Å²) in [6.07, 6.45) is 2.14. The van der Waals surface area contributed by atoms with E-state index >= 15 is 0 Å². The van der Waals surface area contributed by atoms with E-state index < -0.39 is 11.4 Å². The van der Waals surface area contributed by atoms with Crippen molar-refractivity contribution < 1.29 is 18.4 Å². The van der Waals surface area contributed by atoms with Gasteiger partial charge in [0.25, 0.3) is 0 Å². The van der Waals surface area contributed by atoms with Crippen molar-refractivity contribution in [3.63, 3.8) is 0 Å². The van der Waals surface area contributed by atoms with Crippen molar-refractivity contribution in [2.24, 2.45) is 0 Å². The quantitative estimate of drug-likeness (QED) is 0.465. The molecule has 2 aromatic carbocycles. The molecule has 140 valence electrons. The highest BCUT2D eigenvalue weighted by Gasteiger charge is 2.22. The number of hydrogen-bond donors (Lipinski definition) is 0. The molecule has 0 aliphatic carbocycles. The fraction of sp³-hybridized carbons (Fsp3) is 0.130. The number of ether oxygens (including phenoxy) is 1. The monoisotopic (exact) mass is 374 g/mol. The fourth-order valence-corrected chi connectivity index (χ4v) is 3.00. The average Bonchev–Trinajstić information content (AvgIpc) is 3.23. The van der Waals surface area contributed by atoms with Gasteiger partial charge >= 0.3 is 5.97 Å². The Hall–Kier alpha value is -3.60. The van der Waals surface area contributed by atoms with Crippen molar-refractivity contribution in [1.29, 1.82) is 0 Å². The van der Waals surface area contributed by atoms with E-state index in [9.17, 15) is 9.59 Å². The van der Waals surface area contributed by atoms with Crippen LogP contribution in [0.25, 0.3) is 22.5 Å². The van der Waals surface area contributed by atoms with Gasteiger partial charge in [-0.25, -0.2) is 0 Å². The molecule has 0 aliphatic rings. The molecule has 28 heavy (non-hydrogen) atoms. The number of carbonyl (C=O) groups is 1. The Morgan fingerprint density at radius 3 is 2.61 bits per heavy atom. The van der Waals surface area contributed by atoms with Gasteiger partial charge in [0.15, 0.2) is 5.76 Å². The normalized spacial score (nSPS) is 10.9. The van der Waals surface area contributed by atoms with E-state index in [0.717, 1.165) is 11.1 Å². The molecule has 0 aliphatic heterocycles. The third-order valence-corrected chi connectivity index (χ3v) is 4.43. The zero-order valence-corrected chi connectivity index (χ0v) is 15.3. The SMILES string of the molecule is Cc1ccc2c(=O)c(OC(=O)CCc3ccccc3)c(-c3ccco3)oc2c1. The lowest BCUT2D eigenvalue weighted by atomic mass is 10.1. The molecule has 4 aromatic rings. The van der Waals surface area contributed by atoms with Gasteiger partial charge in [-0.15, -0.1) is 0 Å². The predicted octanol–water partition coefficient (Wildman–Crippen LogP) is 4.90. The summed E-state index contributed by atoms with van der Waals surface area (Å²) in [5.41, 5.74) is 1.99. The van der Waals surface area contributed by atoms with E-state index in [4.69, 9.17) is 13.6 Å². The Balaban J connectivity index is 1.69. The average molecular weight is 374 g/mol. The molecule has 0 atom stereocenters. The first-order chi connectivity index (χ1) is 13.6. The van der Waals surface area contributed by atoms with Crippen LogP contribution in [0.2, 0.25) is 0 Å². The largest absolute Gasteiger partial charge is 0.461 e. The number of esters is 1. The van der Waals surface area contributed by atoms with E-state index in [1.807, 2.05) is 43.3 Å². The molecule has 2 aromatic heterocycles. The van der Waals surface area contributed by atoms with Gasteiger partial charge in [-0.05, 0) is 48.7 Å². The molecule has 0 fully saturated rings. The van der Waals surface area contributed by atoms with Crippen LogP contribution in [0.3, 0.4) is 0 Å². The van der Waals surface area contributed by atoms with Gasteiger partial charge in [0.2, 0.25) is 16.9 Å². The summed E-state index contributed by atoms with van der Waals surface area (Å²) >= 11 is 0. The lowest BCUT2D eigenvalue weighted by Crippen LogP contribution is -2.16. The zero-order chi connectivity index (χ0) is 19.5. The highest BCUT2D eigenvalue weighted by Crippen LogP contribution is 2.31. The van der Waals surface area contributed by atoms with Gasteiger partial charge in [0.05, 0.1) is 11.6 Å². The van der Waals surface area contributed by atoms with Gasteiger partial charge in [0.1, 0.15) is 5.58 Å². The van der Waals surface area contributed by atoms with E-state index in [0.29, 0.717) is 23.2 Å². The van der Waals surface area contributed by atoms with Crippen LogP contribution in [0.4, 0.5) is 0 Å².